The van der Waals surface area contributed by atoms with Crippen LogP contribution in [-0.4, -0.2) is 41.8 Å². The van der Waals surface area contributed by atoms with Crippen molar-refractivity contribution in [3.05, 3.63) is 57.5 Å². The van der Waals surface area contributed by atoms with Gasteiger partial charge in [0.15, 0.2) is 5.69 Å². The molecule has 2 bridgehead atoms. The van der Waals surface area contributed by atoms with Crippen LogP contribution in [0.15, 0.2) is 29.1 Å². The lowest BCUT2D eigenvalue weighted by Crippen LogP contribution is -2.51. The highest BCUT2D eigenvalue weighted by Gasteiger charge is 2.47. The van der Waals surface area contributed by atoms with Crippen LogP contribution in [0.1, 0.15) is 68.3 Å². The summed E-state index contributed by atoms with van der Waals surface area (Å²) in [6.07, 6.45) is 2.31. The number of halogens is 1. The topological polar surface area (TPSA) is 146 Å². The molecule has 38 heavy (non-hydrogen) atoms. The first-order valence-corrected chi connectivity index (χ1v) is 14.1. The SMILES string of the molecule is CC(C)(C)OC(=O)NC12CCC(CC1)Cn1c2nc(C(=O)NCc2ccc(F)cc2)c(OS(C)(=O)=O)c1=O. The summed E-state index contributed by atoms with van der Waals surface area (Å²) in [5.41, 5.74) is -2.67. The van der Waals surface area contributed by atoms with Gasteiger partial charge in [0.2, 0.25) is 5.75 Å². The highest BCUT2D eigenvalue weighted by atomic mass is 32.2. The van der Waals surface area contributed by atoms with Crippen LogP contribution < -0.4 is 20.4 Å². The van der Waals surface area contributed by atoms with Gasteiger partial charge in [-0.05, 0) is 70.1 Å². The van der Waals surface area contributed by atoms with Gasteiger partial charge < -0.3 is 19.6 Å². The monoisotopic (exact) mass is 550 g/mol. The van der Waals surface area contributed by atoms with Crippen molar-refractivity contribution < 1.29 is 31.3 Å². The molecule has 3 aliphatic rings. The number of ether oxygens (including phenoxy) is 1. The van der Waals surface area contributed by atoms with Crippen LogP contribution in [0.25, 0.3) is 0 Å². The summed E-state index contributed by atoms with van der Waals surface area (Å²) in [5.74, 6) is -1.79. The highest BCUT2D eigenvalue weighted by molar-refractivity contribution is 7.86. The molecule has 11 nitrogen and oxygen atoms in total. The molecule has 1 aromatic carbocycles. The van der Waals surface area contributed by atoms with Gasteiger partial charge >= 0.3 is 16.2 Å². The second-order valence-electron chi connectivity index (χ2n) is 10.8. The predicted octanol–water partition coefficient (Wildman–Crippen LogP) is 2.57. The van der Waals surface area contributed by atoms with Crippen LogP contribution in [0.2, 0.25) is 0 Å². The number of benzene rings is 1. The summed E-state index contributed by atoms with van der Waals surface area (Å²) in [4.78, 5) is 44.2. The Bertz CT molecular complexity index is 1410. The van der Waals surface area contributed by atoms with E-state index < -0.39 is 56.1 Å². The smallest absolute Gasteiger partial charge is 0.408 e. The largest absolute Gasteiger partial charge is 0.444 e. The Morgan fingerprint density at radius 3 is 2.39 bits per heavy atom. The zero-order chi connectivity index (χ0) is 27.9. The molecule has 0 spiro atoms. The van der Waals surface area contributed by atoms with E-state index in [2.05, 4.69) is 15.6 Å². The molecule has 1 aliphatic carbocycles. The molecule has 2 aliphatic heterocycles. The van der Waals surface area contributed by atoms with Gasteiger partial charge in [0.1, 0.15) is 22.8 Å². The minimum atomic E-state index is -4.19. The fourth-order valence-electron chi connectivity index (χ4n) is 4.84. The second-order valence-corrected chi connectivity index (χ2v) is 12.4. The number of aromatic nitrogens is 2. The first-order valence-electron chi connectivity index (χ1n) is 12.2. The molecule has 2 amide bonds. The van der Waals surface area contributed by atoms with Gasteiger partial charge in [-0.2, -0.15) is 8.42 Å². The van der Waals surface area contributed by atoms with Crippen LogP contribution in [0.5, 0.6) is 5.75 Å². The van der Waals surface area contributed by atoms with Crippen LogP contribution in [0.4, 0.5) is 9.18 Å². The van der Waals surface area contributed by atoms with Crippen molar-refractivity contribution in [2.75, 3.05) is 6.26 Å². The maximum Gasteiger partial charge on any atom is 0.408 e. The summed E-state index contributed by atoms with van der Waals surface area (Å²) in [5, 5.41) is 5.47. The number of nitrogens with zero attached hydrogens (tertiary/aromatic N) is 2. The number of carbonyl (C=O) groups is 2. The number of rotatable bonds is 6. The Morgan fingerprint density at radius 2 is 1.82 bits per heavy atom. The fourth-order valence-corrected chi connectivity index (χ4v) is 5.29. The molecule has 3 heterocycles. The molecule has 1 fully saturated rings. The average Bonchev–Trinajstić information content (AvgIpc) is 3.04. The van der Waals surface area contributed by atoms with Gasteiger partial charge in [0.05, 0.1) is 6.26 Å². The number of fused-ring (bicyclic) bond motifs is 2. The number of amides is 2. The van der Waals surface area contributed by atoms with E-state index in [1.54, 1.807) is 20.8 Å². The van der Waals surface area contributed by atoms with E-state index in [-0.39, 0.29) is 24.8 Å². The summed E-state index contributed by atoms with van der Waals surface area (Å²) >= 11 is 0. The van der Waals surface area contributed by atoms with E-state index in [0.29, 0.717) is 31.2 Å². The maximum absolute atomic E-state index is 13.6. The van der Waals surface area contributed by atoms with Crippen LogP contribution in [0.3, 0.4) is 0 Å². The number of carbonyl (C=O) groups excluding carboxylic acids is 2. The summed E-state index contributed by atoms with van der Waals surface area (Å²) in [7, 11) is -4.19. The van der Waals surface area contributed by atoms with Crippen LogP contribution in [0, 0.1) is 11.7 Å². The lowest BCUT2D eigenvalue weighted by atomic mass is 9.77. The Hall–Kier alpha value is -3.48. The summed E-state index contributed by atoms with van der Waals surface area (Å²) < 4.78 is 49.0. The van der Waals surface area contributed by atoms with Crippen molar-refractivity contribution in [1.82, 2.24) is 20.2 Å². The molecule has 13 heteroatoms. The normalized spacial score (nSPS) is 20.7. The van der Waals surface area contributed by atoms with Gasteiger partial charge in [0.25, 0.3) is 11.5 Å². The van der Waals surface area contributed by atoms with Gasteiger partial charge in [0, 0.05) is 13.1 Å². The van der Waals surface area contributed by atoms with E-state index in [4.69, 9.17) is 8.92 Å². The predicted molar refractivity (Wildman–Crippen MR) is 135 cm³/mol. The molecule has 206 valence electrons. The third-order valence-electron chi connectivity index (χ3n) is 6.51. The van der Waals surface area contributed by atoms with E-state index >= 15 is 0 Å². The fraction of sp³-hybridized carbons (Fsp3) is 0.520. The summed E-state index contributed by atoms with van der Waals surface area (Å²) in [6.45, 7) is 5.37. The van der Waals surface area contributed by atoms with Gasteiger partial charge in [-0.1, -0.05) is 12.1 Å². The second kappa shape index (κ2) is 10.0. The van der Waals surface area contributed by atoms with Gasteiger partial charge in [-0.3, -0.25) is 14.2 Å². The van der Waals surface area contributed by atoms with Crippen LogP contribution in [-0.2, 0) is 33.5 Å². The lowest BCUT2D eigenvalue weighted by molar-refractivity contribution is 0.0406. The van der Waals surface area contributed by atoms with Crippen molar-refractivity contribution >= 4 is 22.1 Å². The maximum atomic E-state index is 13.6. The first kappa shape index (κ1) is 27.6. The standard InChI is InChI=1S/C25H31FN4O7S/c1-24(2,3)36-23(33)29-25-11-9-16(10-12-25)14-30-21(32)19(37-38(4,34)35)18(28-22(25)30)20(31)27-13-15-5-7-17(26)8-6-15/h5-8,16H,9-14H2,1-4H3,(H,27,31)(H,29,33). The average molecular weight is 551 g/mol. The third-order valence-corrected chi connectivity index (χ3v) is 6.98. The number of hydrogen-bond acceptors (Lipinski definition) is 8. The molecule has 1 saturated carbocycles. The Balaban J connectivity index is 1.79. The van der Waals surface area contributed by atoms with Crippen molar-refractivity contribution in [2.24, 2.45) is 5.92 Å². The number of nitrogens with one attached hydrogen (secondary N) is 2. The molecule has 0 atom stereocenters. The molecule has 0 saturated heterocycles. The zero-order valence-corrected chi connectivity index (χ0v) is 22.5. The first-order chi connectivity index (χ1) is 17.7. The summed E-state index contributed by atoms with van der Waals surface area (Å²) in [6, 6.07) is 5.41. The van der Waals surface area contributed by atoms with Gasteiger partial charge in [-0.15, -0.1) is 0 Å². The van der Waals surface area contributed by atoms with E-state index in [0.717, 1.165) is 6.26 Å². The Labute approximate surface area is 219 Å². The van der Waals surface area contributed by atoms with E-state index in [9.17, 15) is 27.2 Å². The molecule has 2 aromatic rings. The molecule has 5 rings (SSSR count). The van der Waals surface area contributed by atoms with Crippen molar-refractivity contribution in [1.29, 1.82) is 0 Å². The molecular weight excluding hydrogens is 519 g/mol. The highest BCUT2D eigenvalue weighted by Crippen LogP contribution is 2.43. The van der Waals surface area contributed by atoms with Crippen molar-refractivity contribution in [3.8, 4) is 5.75 Å². The lowest BCUT2D eigenvalue weighted by Gasteiger charge is -2.37. The Kier molecular flexibility index (Phi) is 7.26. The minimum absolute atomic E-state index is 0.0408. The van der Waals surface area contributed by atoms with Crippen molar-refractivity contribution in [2.45, 2.75) is 70.7 Å². The zero-order valence-electron chi connectivity index (χ0n) is 21.7. The molecule has 2 N–H and O–H groups in total. The number of alkyl carbamates (subject to hydrolysis) is 1. The van der Waals surface area contributed by atoms with Gasteiger partial charge in [-0.25, -0.2) is 14.2 Å². The van der Waals surface area contributed by atoms with E-state index in [1.807, 2.05) is 0 Å². The third kappa shape index (κ3) is 6.14. The molecule has 1 aromatic heterocycles. The van der Waals surface area contributed by atoms with Crippen molar-refractivity contribution in [3.63, 3.8) is 0 Å². The number of hydrogen-bond donors (Lipinski definition) is 2. The minimum Gasteiger partial charge on any atom is -0.444 e. The molecular formula is C25H31FN4O7S. The quantitative estimate of drug-likeness (QED) is 0.522. The van der Waals surface area contributed by atoms with Crippen LogP contribution >= 0.6 is 0 Å². The molecule has 0 unspecified atom stereocenters. The molecule has 0 radical (unpaired) electrons. The van der Waals surface area contributed by atoms with E-state index in [1.165, 1.54) is 28.8 Å². The Morgan fingerprint density at radius 1 is 1.18 bits per heavy atom.